The molecule has 6 nitrogen and oxygen atoms in total. The number of hydrogen-bond acceptors (Lipinski definition) is 5. The van der Waals surface area contributed by atoms with Gasteiger partial charge in [0.25, 0.3) is 0 Å². The van der Waals surface area contributed by atoms with Crippen molar-refractivity contribution in [3.05, 3.63) is 42.2 Å². The molecular formula is C18H21ClN4O2. The van der Waals surface area contributed by atoms with E-state index in [2.05, 4.69) is 14.9 Å². The first-order chi connectivity index (χ1) is 12.2. The Bertz CT molecular complexity index is 718. The Hall–Kier alpha value is -2.34. The molecule has 0 unspecified atom stereocenters. The van der Waals surface area contributed by atoms with Crippen LogP contribution in [0.5, 0.6) is 0 Å². The molecule has 3 rings (SSSR count). The maximum Gasteiger partial charge on any atom is 0.409 e. The molecule has 0 aliphatic carbocycles. The number of aryl methyl sites for hydroxylation is 1. The molecule has 1 aromatic heterocycles. The second kappa shape index (κ2) is 8.16. The molecule has 1 amide bonds. The minimum atomic E-state index is -0.302. The number of aromatic nitrogens is 2. The van der Waals surface area contributed by atoms with Gasteiger partial charge in [-0.15, -0.1) is 11.6 Å². The fourth-order valence-corrected chi connectivity index (χ4v) is 2.88. The molecule has 0 bridgehead atoms. The van der Waals surface area contributed by atoms with Crippen molar-refractivity contribution in [2.45, 2.75) is 6.92 Å². The van der Waals surface area contributed by atoms with E-state index in [1.54, 1.807) is 4.90 Å². The Kier molecular flexibility index (Phi) is 5.71. The number of anilines is 1. The molecule has 7 heteroatoms. The fourth-order valence-electron chi connectivity index (χ4n) is 2.81. The third-order valence-electron chi connectivity index (χ3n) is 4.06. The Labute approximate surface area is 152 Å². The summed E-state index contributed by atoms with van der Waals surface area (Å²) in [5.74, 6) is 1.94. The summed E-state index contributed by atoms with van der Waals surface area (Å²) in [5.41, 5.74) is 1.98. The third kappa shape index (κ3) is 4.39. The van der Waals surface area contributed by atoms with Gasteiger partial charge in [-0.25, -0.2) is 14.8 Å². The third-order valence-corrected chi connectivity index (χ3v) is 4.21. The summed E-state index contributed by atoms with van der Waals surface area (Å²) in [5, 5.41) is 0. The Morgan fingerprint density at radius 1 is 1.16 bits per heavy atom. The number of rotatable bonds is 4. The molecule has 0 N–H and O–H groups in total. The first-order valence-corrected chi connectivity index (χ1v) is 8.84. The molecule has 0 spiro atoms. The lowest BCUT2D eigenvalue weighted by molar-refractivity contribution is 0.105. The van der Waals surface area contributed by atoms with Crippen molar-refractivity contribution in [3.63, 3.8) is 0 Å². The monoisotopic (exact) mass is 360 g/mol. The molecule has 132 valence electrons. The number of alkyl halides is 1. The number of nitrogens with zero attached hydrogens (tertiary/aromatic N) is 4. The number of carbonyl (C=O) groups excluding carboxylic acids is 1. The van der Waals surface area contributed by atoms with Gasteiger partial charge >= 0.3 is 6.09 Å². The Balaban J connectivity index is 1.69. The van der Waals surface area contributed by atoms with E-state index in [1.165, 1.54) is 0 Å². The maximum absolute atomic E-state index is 11.9. The minimum Gasteiger partial charge on any atom is -0.448 e. The highest BCUT2D eigenvalue weighted by Gasteiger charge is 2.23. The van der Waals surface area contributed by atoms with Crippen molar-refractivity contribution < 1.29 is 9.53 Å². The van der Waals surface area contributed by atoms with Crippen LogP contribution in [-0.4, -0.2) is 59.6 Å². The predicted octanol–water partition coefficient (Wildman–Crippen LogP) is 2.95. The van der Waals surface area contributed by atoms with E-state index in [0.29, 0.717) is 32.1 Å². The van der Waals surface area contributed by atoms with E-state index < -0.39 is 0 Å². The van der Waals surface area contributed by atoms with Crippen molar-refractivity contribution in [3.8, 4) is 11.3 Å². The molecule has 1 aliphatic rings. The van der Waals surface area contributed by atoms with Crippen molar-refractivity contribution >= 4 is 23.5 Å². The average Bonchev–Trinajstić information content (AvgIpc) is 2.66. The first kappa shape index (κ1) is 17.5. The van der Waals surface area contributed by atoms with Crippen LogP contribution in [0, 0.1) is 6.92 Å². The normalized spacial score (nSPS) is 14.5. The van der Waals surface area contributed by atoms with Crippen LogP contribution in [-0.2, 0) is 4.74 Å². The van der Waals surface area contributed by atoms with Gasteiger partial charge in [0, 0.05) is 37.8 Å². The summed E-state index contributed by atoms with van der Waals surface area (Å²) in [6.07, 6.45) is -0.302. The van der Waals surface area contributed by atoms with Crippen LogP contribution in [0.25, 0.3) is 11.3 Å². The van der Waals surface area contributed by atoms with Gasteiger partial charge in [-0.1, -0.05) is 30.3 Å². The lowest BCUT2D eigenvalue weighted by atomic mass is 10.1. The van der Waals surface area contributed by atoms with Crippen LogP contribution in [0.2, 0.25) is 0 Å². The van der Waals surface area contributed by atoms with Gasteiger partial charge in [-0.05, 0) is 6.92 Å². The lowest BCUT2D eigenvalue weighted by Gasteiger charge is -2.34. The van der Waals surface area contributed by atoms with Crippen LogP contribution in [0.4, 0.5) is 10.6 Å². The molecule has 25 heavy (non-hydrogen) atoms. The summed E-state index contributed by atoms with van der Waals surface area (Å²) >= 11 is 5.55. The predicted molar refractivity (Wildman–Crippen MR) is 98.1 cm³/mol. The number of hydrogen-bond donors (Lipinski definition) is 0. The fraction of sp³-hybridized carbons (Fsp3) is 0.389. The number of carbonyl (C=O) groups is 1. The van der Waals surface area contributed by atoms with E-state index >= 15 is 0 Å². The summed E-state index contributed by atoms with van der Waals surface area (Å²) in [6.45, 7) is 4.76. The summed E-state index contributed by atoms with van der Waals surface area (Å²) in [7, 11) is 0. The Morgan fingerprint density at radius 3 is 2.56 bits per heavy atom. The van der Waals surface area contributed by atoms with Gasteiger partial charge in [0.15, 0.2) is 0 Å². The number of ether oxygens (including phenoxy) is 1. The standard InChI is InChI=1S/C18H21ClN4O2/c1-14-20-16(15-5-3-2-4-6-15)13-17(21-14)22-8-10-23(11-9-22)18(24)25-12-7-19/h2-6,13H,7-12H2,1H3. The summed E-state index contributed by atoms with van der Waals surface area (Å²) in [6, 6.07) is 12.1. The quantitative estimate of drug-likeness (QED) is 0.784. The molecule has 0 saturated carbocycles. The topological polar surface area (TPSA) is 58.6 Å². The smallest absolute Gasteiger partial charge is 0.409 e. The molecule has 1 aromatic carbocycles. The molecule has 0 radical (unpaired) electrons. The molecule has 1 aliphatic heterocycles. The minimum absolute atomic E-state index is 0.242. The highest BCUT2D eigenvalue weighted by atomic mass is 35.5. The highest BCUT2D eigenvalue weighted by molar-refractivity contribution is 6.18. The zero-order chi connectivity index (χ0) is 17.6. The van der Waals surface area contributed by atoms with Gasteiger partial charge in [0.05, 0.1) is 11.6 Å². The Morgan fingerprint density at radius 2 is 1.88 bits per heavy atom. The second-order valence-corrected chi connectivity index (χ2v) is 6.18. The lowest BCUT2D eigenvalue weighted by Crippen LogP contribution is -2.49. The number of piperazine rings is 1. The van der Waals surface area contributed by atoms with E-state index in [1.807, 2.05) is 43.3 Å². The largest absolute Gasteiger partial charge is 0.448 e. The zero-order valence-corrected chi connectivity index (χ0v) is 14.9. The molecular weight excluding hydrogens is 340 g/mol. The SMILES string of the molecule is Cc1nc(-c2ccccc2)cc(N2CCN(C(=O)OCCCl)CC2)n1. The van der Waals surface area contributed by atoms with Crippen LogP contribution in [0.3, 0.4) is 0 Å². The second-order valence-electron chi connectivity index (χ2n) is 5.80. The van der Waals surface area contributed by atoms with Crippen molar-refractivity contribution in [2.24, 2.45) is 0 Å². The summed E-state index contributed by atoms with van der Waals surface area (Å²) in [4.78, 5) is 24.9. The van der Waals surface area contributed by atoms with Gasteiger partial charge in [-0.2, -0.15) is 0 Å². The van der Waals surface area contributed by atoms with E-state index in [-0.39, 0.29) is 12.7 Å². The van der Waals surface area contributed by atoms with Crippen LogP contribution in [0.15, 0.2) is 36.4 Å². The van der Waals surface area contributed by atoms with E-state index in [0.717, 1.165) is 22.9 Å². The van der Waals surface area contributed by atoms with Gasteiger partial charge in [0.1, 0.15) is 18.2 Å². The molecule has 1 fully saturated rings. The molecule has 2 heterocycles. The highest BCUT2D eigenvalue weighted by Crippen LogP contribution is 2.22. The molecule has 0 atom stereocenters. The van der Waals surface area contributed by atoms with E-state index in [4.69, 9.17) is 16.3 Å². The van der Waals surface area contributed by atoms with Gasteiger partial charge < -0.3 is 14.5 Å². The maximum atomic E-state index is 11.9. The summed E-state index contributed by atoms with van der Waals surface area (Å²) < 4.78 is 5.08. The number of benzene rings is 1. The molecule has 1 saturated heterocycles. The zero-order valence-electron chi connectivity index (χ0n) is 14.2. The van der Waals surface area contributed by atoms with Crippen LogP contribution >= 0.6 is 11.6 Å². The first-order valence-electron chi connectivity index (χ1n) is 8.31. The average molecular weight is 361 g/mol. The van der Waals surface area contributed by atoms with Crippen molar-refractivity contribution in [1.29, 1.82) is 0 Å². The van der Waals surface area contributed by atoms with Crippen molar-refractivity contribution in [2.75, 3.05) is 43.6 Å². The number of amides is 1. The van der Waals surface area contributed by atoms with Crippen LogP contribution < -0.4 is 4.90 Å². The van der Waals surface area contributed by atoms with Gasteiger partial charge in [0.2, 0.25) is 0 Å². The number of halogens is 1. The molecule has 2 aromatic rings. The van der Waals surface area contributed by atoms with Gasteiger partial charge in [-0.3, -0.25) is 0 Å². The van der Waals surface area contributed by atoms with Crippen molar-refractivity contribution in [1.82, 2.24) is 14.9 Å². The van der Waals surface area contributed by atoms with Crippen LogP contribution in [0.1, 0.15) is 5.82 Å². The van der Waals surface area contributed by atoms with E-state index in [9.17, 15) is 4.79 Å².